The van der Waals surface area contributed by atoms with Crippen LogP contribution in [0.1, 0.15) is 0 Å². The molecule has 0 radical (unpaired) electrons. The van der Waals surface area contributed by atoms with E-state index in [-0.39, 0.29) is 0 Å². The van der Waals surface area contributed by atoms with E-state index in [0.717, 1.165) is 5.69 Å². The number of fused-ring (bicyclic) bond motifs is 11. The summed E-state index contributed by atoms with van der Waals surface area (Å²) in [7, 11) is -2.45. The molecule has 0 aliphatic carbocycles. The Balaban J connectivity index is 1.51. The van der Waals surface area contributed by atoms with Crippen LogP contribution in [-0.2, 0) is 0 Å². The van der Waals surface area contributed by atoms with Crippen LogP contribution < -0.4 is 20.7 Å². The van der Waals surface area contributed by atoms with E-state index in [1.165, 1.54) is 59.3 Å². The molecule has 162 valence electrons. The Hall–Kier alpha value is -4.27. The van der Waals surface area contributed by atoms with Crippen LogP contribution in [0, 0.1) is 0 Å². The molecule has 0 bridgehead atoms. The first-order valence-corrected chi connectivity index (χ1v) is 14.2. The smallest absolute Gasteiger partial charge is 0.183 e. The largest absolute Gasteiger partial charge is 0.256 e. The minimum atomic E-state index is -2.45. The molecule has 0 N–H and O–H groups in total. The summed E-state index contributed by atoms with van der Waals surface area (Å²) in [4.78, 5) is 4.95. The van der Waals surface area contributed by atoms with E-state index >= 15 is 0 Å². The molecule has 35 heavy (non-hydrogen) atoms. The van der Waals surface area contributed by atoms with Crippen LogP contribution in [0.2, 0.25) is 0 Å². The van der Waals surface area contributed by atoms with E-state index in [2.05, 4.69) is 121 Å². The van der Waals surface area contributed by atoms with Crippen molar-refractivity contribution in [2.45, 2.75) is 0 Å². The number of hydrogen-bond donors (Lipinski definition) is 0. The van der Waals surface area contributed by atoms with Gasteiger partial charge in [0.25, 0.3) is 0 Å². The topological polar surface area (TPSA) is 12.9 Å². The lowest BCUT2D eigenvalue weighted by molar-refractivity contribution is 1.36. The standard InChI is InChI=1S/C33H21NSi/c1-2-11-24-22(9-1)10-7-14-25(24)23-18-19-28-32(21-23)35(31-17-8-20-34-33(28)31)29-15-5-3-12-26(29)27-13-4-6-16-30(27)35/h1-21H. The summed E-state index contributed by atoms with van der Waals surface area (Å²) < 4.78 is 0. The van der Waals surface area contributed by atoms with Gasteiger partial charge in [-0.2, -0.15) is 0 Å². The van der Waals surface area contributed by atoms with Crippen LogP contribution in [0.4, 0.5) is 0 Å². The van der Waals surface area contributed by atoms with Crippen molar-refractivity contribution in [1.29, 1.82) is 0 Å². The molecule has 0 unspecified atom stereocenters. The fraction of sp³-hybridized carbons (Fsp3) is 0. The van der Waals surface area contributed by atoms with Crippen molar-refractivity contribution in [3.63, 3.8) is 0 Å². The second-order valence-corrected chi connectivity index (χ2v) is 13.2. The van der Waals surface area contributed by atoms with Crippen molar-refractivity contribution in [2.24, 2.45) is 0 Å². The van der Waals surface area contributed by atoms with Crippen LogP contribution in [0.15, 0.2) is 128 Å². The Morgan fingerprint density at radius 2 is 1.11 bits per heavy atom. The molecule has 8 rings (SSSR count). The second-order valence-electron chi connectivity index (χ2n) is 9.53. The lowest BCUT2D eigenvalue weighted by Crippen LogP contribution is -2.70. The first-order chi connectivity index (χ1) is 17.4. The van der Waals surface area contributed by atoms with E-state index in [1.807, 2.05) is 6.20 Å². The van der Waals surface area contributed by atoms with Gasteiger partial charge in [-0.05, 0) is 59.8 Å². The van der Waals surface area contributed by atoms with Crippen LogP contribution in [0.25, 0.3) is 44.3 Å². The molecule has 0 amide bonds. The van der Waals surface area contributed by atoms with Crippen molar-refractivity contribution >= 4 is 39.6 Å². The van der Waals surface area contributed by atoms with E-state index in [9.17, 15) is 0 Å². The minimum absolute atomic E-state index is 1.16. The van der Waals surface area contributed by atoms with Gasteiger partial charge in [0.1, 0.15) is 0 Å². The van der Waals surface area contributed by atoms with Gasteiger partial charge in [0, 0.05) is 11.8 Å². The highest BCUT2D eigenvalue weighted by Crippen LogP contribution is 2.37. The van der Waals surface area contributed by atoms with E-state index in [4.69, 9.17) is 4.98 Å². The van der Waals surface area contributed by atoms with E-state index < -0.39 is 8.07 Å². The average molecular weight is 460 g/mol. The number of rotatable bonds is 1. The molecule has 6 aromatic rings. The van der Waals surface area contributed by atoms with Gasteiger partial charge >= 0.3 is 0 Å². The molecule has 2 aliphatic rings. The van der Waals surface area contributed by atoms with Crippen LogP contribution in [-0.4, -0.2) is 13.1 Å². The van der Waals surface area contributed by atoms with Crippen LogP contribution in [0.5, 0.6) is 0 Å². The third kappa shape index (κ3) is 2.34. The van der Waals surface area contributed by atoms with Crippen molar-refractivity contribution in [1.82, 2.24) is 4.98 Å². The van der Waals surface area contributed by atoms with E-state index in [1.54, 1.807) is 0 Å². The molecule has 2 heteroatoms. The maximum absolute atomic E-state index is 4.95. The zero-order valence-electron chi connectivity index (χ0n) is 19.1. The molecule has 0 atom stereocenters. The first-order valence-electron chi connectivity index (χ1n) is 12.2. The highest BCUT2D eigenvalue weighted by molar-refractivity contribution is 7.24. The molecular weight excluding hydrogens is 438 g/mol. The predicted molar refractivity (Wildman–Crippen MR) is 149 cm³/mol. The van der Waals surface area contributed by atoms with Gasteiger partial charge in [-0.25, -0.2) is 0 Å². The van der Waals surface area contributed by atoms with Gasteiger partial charge in [0.15, 0.2) is 8.07 Å². The molecule has 0 saturated carbocycles. The van der Waals surface area contributed by atoms with Crippen molar-refractivity contribution in [3.8, 4) is 33.5 Å². The van der Waals surface area contributed by atoms with Gasteiger partial charge in [-0.1, -0.05) is 115 Å². The summed E-state index contributed by atoms with van der Waals surface area (Å²) in [6.07, 6.45) is 1.95. The highest BCUT2D eigenvalue weighted by Gasteiger charge is 2.54. The van der Waals surface area contributed by atoms with Crippen LogP contribution >= 0.6 is 0 Å². The molecule has 3 heterocycles. The van der Waals surface area contributed by atoms with Gasteiger partial charge in [0.2, 0.25) is 0 Å². The zero-order valence-corrected chi connectivity index (χ0v) is 20.1. The highest BCUT2D eigenvalue weighted by atomic mass is 28.3. The normalized spacial score (nSPS) is 13.9. The predicted octanol–water partition coefficient (Wildman–Crippen LogP) is 5.24. The molecule has 1 spiro atoms. The molecule has 1 nitrogen and oxygen atoms in total. The summed E-state index contributed by atoms with van der Waals surface area (Å²) >= 11 is 0. The van der Waals surface area contributed by atoms with E-state index in [0.29, 0.717) is 0 Å². The Labute approximate surface area is 205 Å². The maximum atomic E-state index is 4.95. The fourth-order valence-electron chi connectivity index (χ4n) is 6.59. The maximum Gasteiger partial charge on any atom is 0.183 e. The molecule has 5 aromatic carbocycles. The number of aromatic nitrogens is 1. The summed E-state index contributed by atoms with van der Waals surface area (Å²) in [5, 5.41) is 8.44. The van der Waals surface area contributed by atoms with Gasteiger partial charge in [-0.3, -0.25) is 4.98 Å². The number of hydrogen-bond acceptors (Lipinski definition) is 1. The molecule has 0 saturated heterocycles. The monoisotopic (exact) mass is 459 g/mol. The van der Waals surface area contributed by atoms with Crippen molar-refractivity contribution in [3.05, 3.63) is 128 Å². The summed E-state index contributed by atoms with van der Waals surface area (Å²) in [5.74, 6) is 0. The Kier molecular flexibility index (Phi) is 3.75. The molecule has 0 fully saturated rings. The first kappa shape index (κ1) is 19.1. The fourth-order valence-corrected chi connectivity index (χ4v) is 12.1. The Morgan fingerprint density at radius 1 is 0.457 bits per heavy atom. The summed E-state index contributed by atoms with van der Waals surface area (Å²) in [5.41, 5.74) is 7.79. The van der Waals surface area contributed by atoms with Gasteiger partial charge in [-0.15, -0.1) is 0 Å². The average Bonchev–Trinajstić information content (AvgIpc) is 3.40. The lowest BCUT2D eigenvalue weighted by Gasteiger charge is -2.27. The molecular formula is C33H21NSi. The lowest BCUT2D eigenvalue weighted by atomic mass is 9.97. The third-order valence-corrected chi connectivity index (χ3v) is 12.9. The minimum Gasteiger partial charge on any atom is -0.256 e. The second kappa shape index (κ2) is 6.88. The number of nitrogens with zero attached hydrogens (tertiary/aromatic N) is 1. The van der Waals surface area contributed by atoms with Crippen molar-refractivity contribution < 1.29 is 0 Å². The Bertz CT molecular complexity index is 1750. The quantitative estimate of drug-likeness (QED) is 0.306. The number of pyridine rings is 1. The van der Waals surface area contributed by atoms with Crippen LogP contribution in [0.3, 0.4) is 0 Å². The molecule has 2 aliphatic heterocycles. The SMILES string of the molecule is c1ccc2c(c1)-c1ccccc1[Si]21c2cc(-c3cccc4ccccc34)ccc2-c2ncccc21. The summed E-state index contributed by atoms with van der Waals surface area (Å²) in [6, 6.07) is 45.0. The molecule has 1 aromatic heterocycles. The Morgan fingerprint density at radius 3 is 1.94 bits per heavy atom. The third-order valence-electron chi connectivity index (χ3n) is 7.94. The van der Waals surface area contributed by atoms with Gasteiger partial charge < -0.3 is 0 Å². The van der Waals surface area contributed by atoms with Crippen molar-refractivity contribution in [2.75, 3.05) is 0 Å². The van der Waals surface area contributed by atoms with Gasteiger partial charge in [0.05, 0.1) is 5.69 Å². The summed E-state index contributed by atoms with van der Waals surface area (Å²) in [6.45, 7) is 0. The number of benzene rings is 5. The zero-order chi connectivity index (χ0) is 23.0.